The SMILES string of the molecule is CCN(C1CC1)C(CN)c1ccc(Cl)c2cccnc12. The van der Waals surface area contributed by atoms with E-state index in [0.29, 0.717) is 12.6 Å². The molecule has 0 aliphatic heterocycles. The summed E-state index contributed by atoms with van der Waals surface area (Å²) in [6.45, 7) is 3.83. The molecular weight excluding hydrogens is 270 g/mol. The van der Waals surface area contributed by atoms with Crippen molar-refractivity contribution in [3.63, 3.8) is 0 Å². The molecule has 4 heteroatoms. The van der Waals surface area contributed by atoms with Crippen molar-refractivity contribution in [2.45, 2.75) is 31.8 Å². The lowest BCUT2D eigenvalue weighted by atomic mass is 10.0. The Morgan fingerprint density at radius 2 is 2.20 bits per heavy atom. The lowest BCUT2D eigenvalue weighted by molar-refractivity contribution is 0.203. The van der Waals surface area contributed by atoms with Gasteiger partial charge in [0.2, 0.25) is 0 Å². The van der Waals surface area contributed by atoms with Gasteiger partial charge in [-0.25, -0.2) is 0 Å². The third kappa shape index (κ3) is 2.41. The van der Waals surface area contributed by atoms with Gasteiger partial charge in [-0.3, -0.25) is 9.88 Å². The molecule has 1 atom stereocenters. The Morgan fingerprint density at radius 3 is 2.85 bits per heavy atom. The first-order valence-corrected chi connectivity index (χ1v) is 7.63. The predicted octanol–water partition coefficient (Wildman–Crippen LogP) is 3.37. The molecule has 106 valence electrons. The number of fused-ring (bicyclic) bond motifs is 1. The highest BCUT2D eigenvalue weighted by atomic mass is 35.5. The fourth-order valence-corrected chi connectivity index (χ4v) is 3.22. The average Bonchev–Trinajstić information content (AvgIpc) is 3.31. The van der Waals surface area contributed by atoms with Crippen molar-refractivity contribution >= 4 is 22.5 Å². The monoisotopic (exact) mass is 289 g/mol. The van der Waals surface area contributed by atoms with E-state index in [0.717, 1.165) is 22.5 Å². The van der Waals surface area contributed by atoms with Gasteiger partial charge in [0.1, 0.15) is 0 Å². The van der Waals surface area contributed by atoms with Crippen LogP contribution in [0.2, 0.25) is 5.02 Å². The Kier molecular flexibility index (Phi) is 3.92. The number of benzene rings is 1. The number of likely N-dealkylation sites (N-methyl/N-ethyl adjacent to an activating group) is 1. The number of aromatic nitrogens is 1. The van der Waals surface area contributed by atoms with Crippen LogP contribution < -0.4 is 5.73 Å². The maximum Gasteiger partial charge on any atom is 0.0765 e. The van der Waals surface area contributed by atoms with Crippen molar-refractivity contribution in [3.8, 4) is 0 Å². The largest absolute Gasteiger partial charge is 0.329 e. The Hall–Kier alpha value is -1.16. The van der Waals surface area contributed by atoms with Crippen molar-refractivity contribution < 1.29 is 0 Å². The Labute approximate surface area is 124 Å². The van der Waals surface area contributed by atoms with Crippen molar-refractivity contribution in [2.75, 3.05) is 13.1 Å². The van der Waals surface area contributed by atoms with Gasteiger partial charge in [-0.2, -0.15) is 0 Å². The molecule has 20 heavy (non-hydrogen) atoms. The van der Waals surface area contributed by atoms with Gasteiger partial charge in [0.25, 0.3) is 0 Å². The fraction of sp³-hybridized carbons (Fsp3) is 0.438. The highest BCUT2D eigenvalue weighted by molar-refractivity contribution is 6.35. The van der Waals surface area contributed by atoms with Crippen molar-refractivity contribution in [1.29, 1.82) is 0 Å². The lowest BCUT2D eigenvalue weighted by Crippen LogP contribution is -2.35. The van der Waals surface area contributed by atoms with E-state index in [9.17, 15) is 0 Å². The molecule has 1 aliphatic rings. The van der Waals surface area contributed by atoms with Crippen LogP contribution in [0.4, 0.5) is 0 Å². The molecule has 3 rings (SSSR count). The third-order valence-electron chi connectivity index (χ3n) is 4.11. The molecule has 1 aromatic carbocycles. The van der Waals surface area contributed by atoms with Crippen molar-refractivity contribution in [3.05, 3.63) is 41.0 Å². The minimum atomic E-state index is 0.224. The maximum atomic E-state index is 6.28. The predicted molar refractivity (Wildman–Crippen MR) is 84.0 cm³/mol. The Morgan fingerprint density at radius 1 is 1.40 bits per heavy atom. The molecule has 2 N–H and O–H groups in total. The molecule has 1 aliphatic carbocycles. The second-order valence-corrected chi connectivity index (χ2v) is 5.76. The van der Waals surface area contributed by atoms with E-state index in [1.807, 2.05) is 24.4 Å². The van der Waals surface area contributed by atoms with Crippen LogP contribution in [-0.2, 0) is 0 Å². The quantitative estimate of drug-likeness (QED) is 0.917. The summed E-state index contributed by atoms with van der Waals surface area (Å²) in [5.41, 5.74) is 8.25. The molecule has 2 aromatic rings. The number of nitrogens with zero attached hydrogens (tertiary/aromatic N) is 2. The standard InChI is InChI=1S/C16H20ClN3/c1-2-20(11-5-6-11)15(10-18)13-7-8-14(17)12-4-3-9-19-16(12)13/h3-4,7-9,11,15H,2,5-6,10,18H2,1H3. The highest BCUT2D eigenvalue weighted by Crippen LogP contribution is 2.36. The zero-order valence-corrected chi connectivity index (χ0v) is 12.5. The molecule has 1 heterocycles. The van der Waals surface area contributed by atoms with E-state index in [1.165, 1.54) is 18.4 Å². The Bertz CT molecular complexity index is 610. The number of pyridine rings is 1. The van der Waals surface area contributed by atoms with E-state index in [-0.39, 0.29) is 6.04 Å². The first-order chi connectivity index (χ1) is 9.76. The fourth-order valence-electron chi connectivity index (χ4n) is 3.01. The molecule has 0 radical (unpaired) electrons. The van der Waals surface area contributed by atoms with Crippen LogP contribution in [0.3, 0.4) is 0 Å². The highest BCUT2D eigenvalue weighted by Gasteiger charge is 2.33. The molecule has 0 saturated heterocycles. The minimum Gasteiger partial charge on any atom is -0.329 e. The molecule has 1 aromatic heterocycles. The third-order valence-corrected chi connectivity index (χ3v) is 4.44. The maximum absolute atomic E-state index is 6.28. The van der Waals surface area contributed by atoms with Crippen LogP contribution in [0.25, 0.3) is 10.9 Å². The van der Waals surface area contributed by atoms with Gasteiger partial charge < -0.3 is 5.73 Å². The molecule has 0 spiro atoms. The first kappa shape index (κ1) is 13.8. The van der Waals surface area contributed by atoms with Crippen LogP contribution in [0, 0.1) is 0 Å². The van der Waals surface area contributed by atoms with E-state index < -0.39 is 0 Å². The van der Waals surface area contributed by atoms with Crippen LogP contribution in [0.15, 0.2) is 30.5 Å². The second-order valence-electron chi connectivity index (χ2n) is 5.35. The van der Waals surface area contributed by atoms with Gasteiger partial charge in [-0.15, -0.1) is 0 Å². The van der Waals surface area contributed by atoms with Gasteiger partial charge in [-0.05, 0) is 43.1 Å². The summed E-state index contributed by atoms with van der Waals surface area (Å²) >= 11 is 6.28. The molecule has 0 bridgehead atoms. The number of nitrogens with two attached hydrogens (primary N) is 1. The van der Waals surface area contributed by atoms with Crippen LogP contribution in [0.1, 0.15) is 31.4 Å². The molecule has 1 unspecified atom stereocenters. The van der Waals surface area contributed by atoms with Gasteiger partial charge >= 0.3 is 0 Å². The second kappa shape index (κ2) is 5.68. The van der Waals surface area contributed by atoms with Crippen molar-refractivity contribution in [1.82, 2.24) is 9.88 Å². The number of rotatable bonds is 5. The molecule has 1 saturated carbocycles. The molecule has 0 amide bonds. The molecular formula is C16H20ClN3. The summed E-state index contributed by atoms with van der Waals surface area (Å²) in [6.07, 6.45) is 4.38. The summed E-state index contributed by atoms with van der Waals surface area (Å²) in [5.74, 6) is 0. The van der Waals surface area contributed by atoms with E-state index in [4.69, 9.17) is 17.3 Å². The van der Waals surface area contributed by atoms with Gasteiger partial charge in [0.15, 0.2) is 0 Å². The van der Waals surface area contributed by atoms with Crippen LogP contribution in [-0.4, -0.2) is 29.0 Å². The zero-order valence-electron chi connectivity index (χ0n) is 11.7. The minimum absolute atomic E-state index is 0.224. The van der Waals surface area contributed by atoms with E-state index in [2.05, 4.69) is 22.9 Å². The Balaban J connectivity index is 2.09. The summed E-state index contributed by atoms with van der Waals surface area (Å²) < 4.78 is 0. The average molecular weight is 290 g/mol. The first-order valence-electron chi connectivity index (χ1n) is 7.25. The molecule has 1 fully saturated rings. The van der Waals surface area contributed by atoms with Crippen LogP contribution >= 0.6 is 11.6 Å². The zero-order chi connectivity index (χ0) is 14.1. The van der Waals surface area contributed by atoms with Gasteiger partial charge in [0.05, 0.1) is 5.52 Å². The topological polar surface area (TPSA) is 42.1 Å². The molecule has 3 nitrogen and oxygen atoms in total. The normalized spacial score (nSPS) is 16.8. The smallest absolute Gasteiger partial charge is 0.0765 e. The van der Waals surface area contributed by atoms with Crippen molar-refractivity contribution in [2.24, 2.45) is 5.73 Å². The number of hydrogen-bond acceptors (Lipinski definition) is 3. The number of halogens is 1. The van der Waals surface area contributed by atoms with E-state index >= 15 is 0 Å². The van der Waals surface area contributed by atoms with Gasteiger partial charge in [0, 0.05) is 35.2 Å². The summed E-state index contributed by atoms with van der Waals surface area (Å²) in [6, 6.07) is 8.90. The summed E-state index contributed by atoms with van der Waals surface area (Å²) in [5, 5.41) is 1.76. The summed E-state index contributed by atoms with van der Waals surface area (Å²) in [4.78, 5) is 7.04. The van der Waals surface area contributed by atoms with Gasteiger partial charge in [-0.1, -0.05) is 24.6 Å². The van der Waals surface area contributed by atoms with Crippen LogP contribution in [0.5, 0.6) is 0 Å². The number of hydrogen-bond donors (Lipinski definition) is 1. The van der Waals surface area contributed by atoms with E-state index in [1.54, 1.807) is 0 Å². The summed E-state index contributed by atoms with van der Waals surface area (Å²) in [7, 11) is 0. The lowest BCUT2D eigenvalue weighted by Gasteiger charge is -2.30.